The fourth-order valence-electron chi connectivity index (χ4n) is 3.47. The molecule has 1 aromatic rings. The molecule has 1 aromatic heterocycles. The van der Waals surface area contributed by atoms with Crippen LogP contribution in [0.4, 0.5) is 0 Å². The van der Waals surface area contributed by atoms with Gasteiger partial charge in [-0.25, -0.2) is 4.79 Å². The van der Waals surface area contributed by atoms with Crippen molar-refractivity contribution in [2.75, 3.05) is 26.8 Å². The van der Waals surface area contributed by atoms with Gasteiger partial charge >= 0.3 is 5.97 Å². The highest BCUT2D eigenvalue weighted by atomic mass is 16.5. The fourth-order valence-corrected chi connectivity index (χ4v) is 3.47. The topological polar surface area (TPSA) is 109 Å². The Morgan fingerprint density at radius 3 is 2.64 bits per heavy atom. The molecule has 1 amide bonds. The molecular formula is C17H22N2O6. The summed E-state index contributed by atoms with van der Waals surface area (Å²) in [5, 5.41) is 20.2. The van der Waals surface area contributed by atoms with Crippen molar-refractivity contribution in [3.63, 3.8) is 0 Å². The van der Waals surface area contributed by atoms with Crippen LogP contribution in [0.5, 0.6) is 0 Å². The normalized spacial score (nSPS) is 25.6. The number of rotatable bonds is 2. The van der Waals surface area contributed by atoms with Gasteiger partial charge in [0.2, 0.25) is 0 Å². The number of aliphatic hydroxyl groups is 2. The van der Waals surface area contributed by atoms with Gasteiger partial charge < -0.3 is 24.6 Å². The zero-order valence-electron chi connectivity index (χ0n) is 14.1. The fraction of sp³-hybridized carbons (Fsp3) is 0.588. The predicted octanol–water partition coefficient (Wildman–Crippen LogP) is -0.0149. The highest BCUT2D eigenvalue weighted by Gasteiger charge is 2.48. The summed E-state index contributed by atoms with van der Waals surface area (Å²) >= 11 is 0. The number of nitrogens with zero attached hydrogens (tertiary/aromatic N) is 2. The van der Waals surface area contributed by atoms with E-state index in [9.17, 15) is 19.8 Å². The number of pyridine rings is 1. The number of piperidine rings is 1. The van der Waals surface area contributed by atoms with Crippen LogP contribution in [0, 0.1) is 0 Å². The molecule has 2 saturated heterocycles. The first-order valence-electron chi connectivity index (χ1n) is 8.29. The van der Waals surface area contributed by atoms with Crippen LogP contribution >= 0.6 is 0 Å². The van der Waals surface area contributed by atoms with Crippen molar-refractivity contribution in [1.82, 2.24) is 9.88 Å². The molecule has 0 aromatic carbocycles. The quantitative estimate of drug-likeness (QED) is 0.722. The van der Waals surface area contributed by atoms with Crippen LogP contribution < -0.4 is 0 Å². The molecule has 0 saturated carbocycles. The lowest BCUT2D eigenvalue weighted by molar-refractivity contribution is -0.212. The largest absolute Gasteiger partial charge is 0.465 e. The van der Waals surface area contributed by atoms with Crippen molar-refractivity contribution in [3.05, 3.63) is 29.6 Å². The lowest BCUT2D eigenvalue weighted by atomic mass is 9.80. The van der Waals surface area contributed by atoms with E-state index in [1.165, 1.54) is 25.6 Å². The number of carbonyl (C=O) groups is 2. The molecule has 2 atom stereocenters. The van der Waals surface area contributed by atoms with E-state index in [1.54, 1.807) is 4.90 Å². The van der Waals surface area contributed by atoms with E-state index in [0.717, 1.165) is 0 Å². The third-order valence-corrected chi connectivity index (χ3v) is 5.01. The first-order chi connectivity index (χ1) is 12.0. The minimum Gasteiger partial charge on any atom is -0.465 e. The van der Waals surface area contributed by atoms with Crippen LogP contribution in [0.25, 0.3) is 0 Å². The Labute approximate surface area is 145 Å². The van der Waals surface area contributed by atoms with E-state index >= 15 is 0 Å². The van der Waals surface area contributed by atoms with Crippen LogP contribution in [0.2, 0.25) is 0 Å². The van der Waals surface area contributed by atoms with Gasteiger partial charge in [-0.1, -0.05) is 0 Å². The summed E-state index contributed by atoms with van der Waals surface area (Å²) in [6.07, 6.45) is 2.33. The monoisotopic (exact) mass is 350 g/mol. The van der Waals surface area contributed by atoms with Gasteiger partial charge in [0, 0.05) is 25.5 Å². The zero-order valence-corrected chi connectivity index (χ0v) is 14.1. The van der Waals surface area contributed by atoms with Gasteiger partial charge in [-0.05, 0) is 25.3 Å². The predicted molar refractivity (Wildman–Crippen MR) is 86.0 cm³/mol. The van der Waals surface area contributed by atoms with Crippen molar-refractivity contribution >= 4 is 11.9 Å². The van der Waals surface area contributed by atoms with Crippen LogP contribution in [0.3, 0.4) is 0 Å². The number of carbonyl (C=O) groups excluding carboxylic acids is 2. The number of hydrogen-bond acceptors (Lipinski definition) is 7. The first kappa shape index (κ1) is 17.8. The number of ether oxygens (including phenoxy) is 2. The molecule has 8 nitrogen and oxygen atoms in total. The summed E-state index contributed by atoms with van der Waals surface area (Å²) in [6, 6.07) is 1.46. The second-order valence-electron chi connectivity index (χ2n) is 6.46. The Hall–Kier alpha value is -2.03. The van der Waals surface area contributed by atoms with Crippen LogP contribution in [0.1, 0.15) is 40.0 Å². The summed E-state index contributed by atoms with van der Waals surface area (Å²) < 4.78 is 10.4. The average Bonchev–Trinajstić information content (AvgIpc) is 2.65. The smallest absolute Gasteiger partial charge is 0.339 e. The highest BCUT2D eigenvalue weighted by Crippen LogP contribution is 2.35. The van der Waals surface area contributed by atoms with Crippen molar-refractivity contribution in [2.24, 2.45) is 0 Å². The summed E-state index contributed by atoms with van der Waals surface area (Å²) in [7, 11) is 1.27. The van der Waals surface area contributed by atoms with Crippen molar-refractivity contribution in [3.8, 4) is 0 Å². The molecule has 2 N–H and O–H groups in total. The molecular weight excluding hydrogens is 328 g/mol. The standard InChI is InChI=1S/C17H22N2O6/c1-24-16(23)12-8-11(9-18-10-12)15(22)19-5-3-17(4-6-19)14(21)13(20)2-7-25-17/h8-10,13-14,20-21H,2-7H2,1H3/t13-,14-/m0/s1. The minimum absolute atomic E-state index is 0.219. The third kappa shape index (κ3) is 3.37. The number of likely N-dealkylation sites (tertiary alicyclic amines) is 1. The maximum atomic E-state index is 12.7. The Morgan fingerprint density at radius 2 is 1.96 bits per heavy atom. The molecule has 0 unspecified atom stereocenters. The Bertz CT molecular complexity index is 656. The van der Waals surface area contributed by atoms with Gasteiger partial charge in [-0.3, -0.25) is 9.78 Å². The number of esters is 1. The zero-order chi connectivity index (χ0) is 18.0. The molecule has 2 fully saturated rings. The van der Waals surface area contributed by atoms with E-state index in [4.69, 9.17) is 4.74 Å². The van der Waals surface area contributed by atoms with Gasteiger partial charge in [0.25, 0.3) is 5.91 Å². The SMILES string of the molecule is COC(=O)c1cncc(C(=O)N2CCC3(CC2)OCC[C@H](O)[C@@H]3O)c1. The number of aromatic nitrogens is 1. The van der Waals surface area contributed by atoms with E-state index < -0.39 is 23.8 Å². The summed E-state index contributed by atoms with van der Waals surface area (Å²) in [4.78, 5) is 29.8. The molecule has 0 radical (unpaired) electrons. The maximum Gasteiger partial charge on any atom is 0.339 e. The van der Waals surface area contributed by atoms with Gasteiger partial charge in [0.05, 0.1) is 36.5 Å². The van der Waals surface area contributed by atoms with E-state index in [-0.39, 0.29) is 11.5 Å². The van der Waals surface area contributed by atoms with Crippen molar-refractivity contribution < 1.29 is 29.3 Å². The average molecular weight is 350 g/mol. The molecule has 0 bridgehead atoms. The Balaban J connectivity index is 1.69. The van der Waals surface area contributed by atoms with E-state index in [2.05, 4.69) is 9.72 Å². The second kappa shape index (κ2) is 7.07. The third-order valence-electron chi connectivity index (χ3n) is 5.01. The Kier molecular flexibility index (Phi) is 5.03. The summed E-state index contributed by atoms with van der Waals surface area (Å²) in [5.74, 6) is -0.786. The van der Waals surface area contributed by atoms with E-state index in [1.807, 2.05) is 0 Å². The molecule has 25 heavy (non-hydrogen) atoms. The van der Waals surface area contributed by atoms with Crippen molar-refractivity contribution in [2.45, 2.75) is 37.1 Å². The molecule has 3 rings (SSSR count). The maximum absolute atomic E-state index is 12.7. The lowest BCUT2D eigenvalue weighted by Crippen LogP contribution is -2.60. The molecule has 8 heteroatoms. The van der Waals surface area contributed by atoms with Crippen LogP contribution in [-0.2, 0) is 9.47 Å². The molecule has 1 spiro atoms. The number of amides is 1. The van der Waals surface area contributed by atoms with Crippen molar-refractivity contribution in [1.29, 1.82) is 0 Å². The summed E-state index contributed by atoms with van der Waals surface area (Å²) in [6.45, 7) is 1.19. The first-order valence-corrected chi connectivity index (χ1v) is 8.29. The molecule has 0 aliphatic carbocycles. The number of hydrogen-bond donors (Lipinski definition) is 2. The van der Waals surface area contributed by atoms with Crippen LogP contribution in [0.15, 0.2) is 18.5 Å². The summed E-state index contributed by atoms with van der Waals surface area (Å²) in [5.41, 5.74) is -0.263. The van der Waals surface area contributed by atoms with Gasteiger partial charge in [0.1, 0.15) is 6.10 Å². The number of aliphatic hydroxyl groups excluding tert-OH is 2. The highest BCUT2D eigenvalue weighted by molar-refractivity contribution is 5.97. The number of methoxy groups -OCH3 is 1. The van der Waals surface area contributed by atoms with Crippen LogP contribution in [-0.4, -0.2) is 76.6 Å². The molecule has 3 heterocycles. The van der Waals surface area contributed by atoms with Gasteiger partial charge in [-0.15, -0.1) is 0 Å². The second-order valence-corrected chi connectivity index (χ2v) is 6.46. The molecule has 2 aliphatic heterocycles. The lowest BCUT2D eigenvalue weighted by Gasteiger charge is -2.48. The van der Waals surface area contributed by atoms with E-state index in [0.29, 0.717) is 44.5 Å². The van der Waals surface area contributed by atoms with Gasteiger partial charge in [-0.2, -0.15) is 0 Å². The minimum atomic E-state index is -0.942. The molecule has 136 valence electrons. The van der Waals surface area contributed by atoms with Gasteiger partial charge in [0.15, 0.2) is 0 Å². The molecule has 2 aliphatic rings. The Morgan fingerprint density at radius 1 is 1.28 bits per heavy atom.